The topological polar surface area (TPSA) is 53.1 Å². The van der Waals surface area contributed by atoms with Gasteiger partial charge in [-0.25, -0.2) is 0 Å². The summed E-state index contributed by atoms with van der Waals surface area (Å²) in [6.45, 7) is 8.57. The molecule has 0 aliphatic carbocycles. The van der Waals surface area contributed by atoms with Crippen molar-refractivity contribution in [2.45, 2.75) is 20.3 Å². The van der Waals surface area contributed by atoms with Gasteiger partial charge in [-0.1, -0.05) is 11.6 Å². The molecule has 0 unspecified atom stereocenters. The molecular formula is C19H28ClN3O3. The summed E-state index contributed by atoms with van der Waals surface area (Å²) in [5.41, 5.74) is 0.479. The van der Waals surface area contributed by atoms with E-state index in [9.17, 15) is 9.59 Å². The second-order valence-corrected chi connectivity index (χ2v) is 6.77. The monoisotopic (exact) mass is 381 g/mol. The molecule has 1 aromatic rings. The van der Waals surface area contributed by atoms with Crippen molar-refractivity contribution < 1.29 is 14.3 Å². The van der Waals surface area contributed by atoms with Crippen molar-refractivity contribution in [3.63, 3.8) is 0 Å². The Morgan fingerprint density at radius 2 is 1.88 bits per heavy atom. The number of ether oxygens (including phenoxy) is 1. The third-order valence-corrected chi connectivity index (χ3v) is 4.98. The molecule has 26 heavy (non-hydrogen) atoms. The van der Waals surface area contributed by atoms with Crippen LogP contribution in [0.2, 0.25) is 5.02 Å². The predicted octanol–water partition coefficient (Wildman–Crippen LogP) is 2.36. The van der Waals surface area contributed by atoms with Gasteiger partial charge in [-0.05, 0) is 38.5 Å². The first kappa shape index (κ1) is 20.5. The molecule has 0 radical (unpaired) electrons. The standard InChI is InChI=1S/C19H28ClN3O3/c1-4-22(5-2)18(24)14-21-9-6-10-23(12-11-21)19(25)16-13-15(20)7-8-17(16)26-3/h7-8,13H,4-6,9-12,14H2,1-3H3. The summed E-state index contributed by atoms with van der Waals surface area (Å²) in [5.74, 6) is 0.588. The maximum atomic E-state index is 12.9. The summed E-state index contributed by atoms with van der Waals surface area (Å²) in [6.07, 6.45) is 0.833. The lowest BCUT2D eigenvalue weighted by Gasteiger charge is -2.25. The molecule has 144 valence electrons. The summed E-state index contributed by atoms with van der Waals surface area (Å²) >= 11 is 6.05. The number of nitrogens with zero attached hydrogens (tertiary/aromatic N) is 3. The highest BCUT2D eigenvalue weighted by Gasteiger charge is 2.24. The molecule has 0 aromatic heterocycles. The van der Waals surface area contributed by atoms with E-state index in [1.54, 1.807) is 25.3 Å². The normalized spacial score (nSPS) is 15.5. The molecule has 7 heteroatoms. The van der Waals surface area contributed by atoms with E-state index in [0.717, 1.165) is 26.1 Å². The molecule has 6 nitrogen and oxygen atoms in total. The number of halogens is 1. The van der Waals surface area contributed by atoms with Crippen LogP contribution < -0.4 is 4.74 Å². The molecule has 1 fully saturated rings. The van der Waals surface area contributed by atoms with Gasteiger partial charge in [0.25, 0.3) is 5.91 Å². The molecule has 1 aliphatic rings. The molecule has 1 saturated heterocycles. The number of methoxy groups -OCH3 is 1. The minimum atomic E-state index is -0.0822. The van der Waals surface area contributed by atoms with E-state index in [1.807, 2.05) is 23.6 Å². The Hall–Kier alpha value is -1.79. The maximum Gasteiger partial charge on any atom is 0.257 e. The van der Waals surface area contributed by atoms with Crippen LogP contribution in [0.5, 0.6) is 5.75 Å². The van der Waals surface area contributed by atoms with Crippen molar-refractivity contribution >= 4 is 23.4 Å². The Kier molecular flexibility index (Phi) is 7.72. The van der Waals surface area contributed by atoms with Crippen molar-refractivity contribution in [2.75, 3.05) is 52.9 Å². The lowest BCUT2D eigenvalue weighted by Crippen LogP contribution is -2.42. The van der Waals surface area contributed by atoms with Crippen LogP contribution in [0, 0.1) is 0 Å². The van der Waals surface area contributed by atoms with E-state index in [1.165, 1.54) is 0 Å². The first-order valence-electron chi connectivity index (χ1n) is 9.13. The largest absolute Gasteiger partial charge is 0.496 e. The molecule has 1 heterocycles. The van der Waals surface area contributed by atoms with Crippen molar-refractivity contribution in [1.82, 2.24) is 14.7 Å². The number of benzene rings is 1. The van der Waals surface area contributed by atoms with Gasteiger partial charge in [0.15, 0.2) is 0 Å². The summed E-state index contributed by atoms with van der Waals surface area (Å²) in [6, 6.07) is 5.07. The highest BCUT2D eigenvalue weighted by Crippen LogP contribution is 2.24. The van der Waals surface area contributed by atoms with E-state index in [-0.39, 0.29) is 11.8 Å². The zero-order chi connectivity index (χ0) is 19.1. The minimum Gasteiger partial charge on any atom is -0.496 e. The zero-order valence-electron chi connectivity index (χ0n) is 15.8. The lowest BCUT2D eigenvalue weighted by molar-refractivity contribution is -0.132. The van der Waals surface area contributed by atoms with Crippen LogP contribution in [0.4, 0.5) is 0 Å². The van der Waals surface area contributed by atoms with Gasteiger partial charge >= 0.3 is 0 Å². The molecule has 1 aliphatic heterocycles. The van der Waals surface area contributed by atoms with Gasteiger partial charge in [-0.2, -0.15) is 0 Å². The number of amides is 2. The Bertz CT molecular complexity index is 634. The molecule has 0 saturated carbocycles. The average molecular weight is 382 g/mol. The third-order valence-electron chi connectivity index (χ3n) is 4.74. The summed E-state index contributed by atoms with van der Waals surface area (Å²) in [7, 11) is 1.54. The van der Waals surface area contributed by atoms with Crippen LogP contribution in [0.25, 0.3) is 0 Å². The van der Waals surface area contributed by atoms with E-state index < -0.39 is 0 Å². The molecule has 0 N–H and O–H groups in total. The van der Waals surface area contributed by atoms with Crippen LogP contribution in [0.3, 0.4) is 0 Å². The Morgan fingerprint density at radius 3 is 2.54 bits per heavy atom. The van der Waals surface area contributed by atoms with Gasteiger partial charge < -0.3 is 14.5 Å². The van der Waals surface area contributed by atoms with Crippen LogP contribution in [-0.4, -0.2) is 79.4 Å². The molecule has 2 rings (SSSR count). The average Bonchev–Trinajstić information content (AvgIpc) is 2.87. The summed E-state index contributed by atoms with van der Waals surface area (Å²) in [5, 5.41) is 0.510. The van der Waals surface area contributed by atoms with E-state index in [0.29, 0.717) is 42.5 Å². The molecular weight excluding hydrogens is 354 g/mol. The van der Waals surface area contributed by atoms with Crippen molar-refractivity contribution in [3.05, 3.63) is 28.8 Å². The Morgan fingerprint density at radius 1 is 1.15 bits per heavy atom. The highest BCUT2D eigenvalue weighted by molar-refractivity contribution is 6.31. The zero-order valence-corrected chi connectivity index (χ0v) is 16.6. The fourth-order valence-electron chi connectivity index (χ4n) is 3.22. The van der Waals surface area contributed by atoms with Gasteiger partial charge in [-0.15, -0.1) is 0 Å². The quantitative estimate of drug-likeness (QED) is 0.759. The maximum absolute atomic E-state index is 12.9. The SMILES string of the molecule is CCN(CC)C(=O)CN1CCCN(C(=O)c2cc(Cl)ccc2OC)CC1. The van der Waals surface area contributed by atoms with Gasteiger partial charge in [0.2, 0.25) is 5.91 Å². The fraction of sp³-hybridized carbons (Fsp3) is 0.579. The van der Waals surface area contributed by atoms with Crippen LogP contribution in [0.15, 0.2) is 18.2 Å². The van der Waals surface area contributed by atoms with Crippen molar-refractivity contribution in [2.24, 2.45) is 0 Å². The van der Waals surface area contributed by atoms with E-state index in [4.69, 9.17) is 16.3 Å². The van der Waals surface area contributed by atoms with Crippen LogP contribution in [0.1, 0.15) is 30.6 Å². The Labute approximate surface area is 160 Å². The van der Waals surface area contributed by atoms with Crippen LogP contribution in [-0.2, 0) is 4.79 Å². The summed E-state index contributed by atoms with van der Waals surface area (Å²) in [4.78, 5) is 31.0. The van der Waals surface area contributed by atoms with Crippen LogP contribution >= 0.6 is 11.6 Å². The fourth-order valence-corrected chi connectivity index (χ4v) is 3.39. The highest BCUT2D eigenvalue weighted by atomic mass is 35.5. The van der Waals surface area contributed by atoms with Gasteiger partial charge in [0.1, 0.15) is 5.75 Å². The number of likely N-dealkylation sites (N-methyl/N-ethyl adjacent to an activating group) is 1. The number of carbonyl (C=O) groups is 2. The third kappa shape index (κ3) is 5.11. The molecule has 2 amide bonds. The molecule has 0 bridgehead atoms. The second-order valence-electron chi connectivity index (χ2n) is 6.33. The lowest BCUT2D eigenvalue weighted by atomic mass is 10.1. The van der Waals surface area contributed by atoms with E-state index in [2.05, 4.69) is 4.90 Å². The summed E-state index contributed by atoms with van der Waals surface area (Å²) < 4.78 is 5.30. The number of hydrogen-bond donors (Lipinski definition) is 0. The van der Waals surface area contributed by atoms with Crippen molar-refractivity contribution in [1.29, 1.82) is 0 Å². The number of carbonyl (C=O) groups excluding carboxylic acids is 2. The van der Waals surface area contributed by atoms with Gasteiger partial charge in [-0.3, -0.25) is 14.5 Å². The minimum absolute atomic E-state index is 0.0822. The number of rotatable bonds is 6. The Balaban J connectivity index is 2.01. The molecule has 0 spiro atoms. The first-order chi connectivity index (χ1) is 12.5. The molecule has 0 atom stereocenters. The second kappa shape index (κ2) is 9.78. The van der Waals surface area contributed by atoms with Gasteiger partial charge in [0, 0.05) is 44.3 Å². The smallest absolute Gasteiger partial charge is 0.257 e. The first-order valence-corrected chi connectivity index (χ1v) is 9.50. The predicted molar refractivity (Wildman–Crippen MR) is 103 cm³/mol. The van der Waals surface area contributed by atoms with Gasteiger partial charge in [0.05, 0.1) is 19.2 Å². The van der Waals surface area contributed by atoms with E-state index >= 15 is 0 Å². The number of hydrogen-bond acceptors (Lipinski definition) is 4. The molecule has 1 aromatic carbocycles. The van der Waals surface area contributed by atoms with Crippen molar-refractivity contribution in [3.8, 4) is 5.75 Å².